The van der Waals surface area contributed by atoms with Crippen molar-refractivity contribution >= 4 is 27.6 Å². The second-order valence-corrected chi connectivity index (χ2v) is 6.11. The Labute approximate surface area is 122 Å². The van der Waals surface area contributed by atoms with Gasteiger partial charge in [0.25, 0.3) is 0 Å². The molecule has 0 aliphatic carbocycles. The summed E-state index contributed by atoms with van der Waals surface area (Å²) in [4.78, 5) is 13.4. The van der Waals surface area contributed by atoms with E-state index in [-0.39, 0.29) is 0 Å². The number of hydrogen-bond donors (Lipinski definition) is 1. The molecule has 1 aliphatic heterocycles. The van der Waals surface area contributed by atoms with Gasteiger partial charge in [-0.2, -0.15) is 0 Å². The third-order valence-corrected chi connectivity index (χ3v) is 4.38. The summed E-state index contributed by atoms with van der Waals surface area (Å²) in [6.45, 7) is 4.29. The first kappa shape index (κ1) is 14.4. The summed E-state index contributed by atoms with van der Waals surface area (Å²) in [5.74, 6) is -0.0556. The molecule has 1 aliphatic rings. The first-order valence-electron chi connectivity index (χ1n) is 6.89. The lowest BCUT2D eigenvalue weighted by Crippen LogP contribution is -2.24. The number of aromatic carboxylic acids is 1. The maximum absolute atomic E-state index is 11.1. The molecule has 1 unspecified atom stereocenters. The van der Waals surface area contributed by atoms with Crippen LogP contribution in [0.3, 0.4) is 0 Å². The van der Waals surface area contributed by atoms with Gasteiger partial charge in [-0.3, -0.25) is 0 Å². The molecule has 1 heterocycles. The number of benzene rings is 1. The van der Waals surface area contributed by atoms with Crippen LogP contribution in [0.1, 0.15) is 43.0 Å². The SMILES string of the molecule is CCC1CCCN(c2cc(Br)cc(C(=O)O)c2)CC1. The highest BCUT2D eigenvalue weighted by molar-refractivity contribution is 9.10. The zero-order valence-corrected chi connectivity index (χ0v) is 12.8. The molecule has 1 aromatic carbocycles. The van der Waals surface area contributed by atoms with Gasteiger partial charge in [-0.1, -0.05) is 29.3 Å². The Morgan fingerprint density at radius 1 is 1.37 bits per heavy atom. The van der Waals surface area contributed by atoms with Crippen molar-refractivity contribution in [3.8, 4) is 0 Å². The van der Waals surface area contributed by atoms with E-state index in [1.165, 1.54) is 25.7 Å². The zero-order valence-electron chi connectivity index (χ0n) is 11.2. The molecule has 1 N–H and O–H groups in total. The van der Waals surface area contributed by atoms with Crippen LogP contribution < -0.4 is 4.90 Å². The number of carboxylic acids is 1. The molecule has 0 bridgehead atoms. The highest BCUT2D eigenvalue weighted by atomic mass is 79.9. The number of hydrogen-bond acceptors (Lipinski definition) is 2. The van der Waals surface area contributed by atoms with Crippen molar-refractivity contribution in [1.82, 2.24) is 0 Å². The number of nitrogens with zero attached hydrogens (tertiary/aromatic N) is 1. The topological polar surface area (TPSA) is 40.5 Å². The van der Waals surface area contributed by atoms with Gasteiger partial charge >= 0.3 is 5.97 Å². The van der Waals surface area contributed by atoms with E-state index in [4.69, 9.17) is 5.11 Å². The monoisotopic (exact) mass is 325 g/mol. The summed E-state index contributed by atoms with van der Waals surface area (Å²) in [5.41, 5.74) is 1.36. The molecule has 0 saturated carbocycles. The molecule has 2 rings (SSSR count). The second-order valence-electron chi connectivity index (χ2n) is 5.20. The second kappa shape index (κ2) is 6.42. The highest BCUT2D eigenvalue weighted by Crippen LogP contribution is 2.27. The Morgan fingerprint density at radius 3 is 2.84 bits per heavy atom. The Hall–Kier alpha value is -1.03. The van der Waals surface area contributed by atoms with Gasteiger partial charge in [0.05, 0.1) is 5.56 Å². The molecule has 0 amide bonds. The van der Waals surface area contributed by atoms with E-state index in [2.05, 4.69) is 27.8 Å². The van der Waals surface area contributed by atoms with Crippen molar-refractivity contribution in [2.75, 3.05) is 18.0 Å². The lowest BCUT2D eigenvalue weighted by molar-refractivity contribution is 0.0697. The van der Waals surface area contributed by atoms with Crippen LogP contribution in [0.5, 0.6) is 0 Å². The minimum Gasteiger partial charge on any atom is -0.478 e. The van der Waals surface area contributed by atoms with Gasteiger partial charge in [-0.15, -0.1) is 0 Å². The van der Waals surface area contributed by atoms with Crippen LogP contribution in [0.4, 0.5) is 5.69 Å². The maximum Gasteiger partial charge on any atom is 0.335 e. The van der Waals surface area contributed by atoms with Crippen LogP contribution in [-0.4, -0.2) is 24.2 Å². The molecule has 1 atom stereocenters. The summed E-state index contributed by atoms with van der Waals surface area (Å²) >= 11 is 3.40. The van der Waals surface area contributed by atoms with Crippen LogP contribution in [0.25, 0.3) is 0 Å². The third-order valence-electron chi connectivity index (χ3n) is 3.92. The fourth-order valence-electron chi connectivity index (χ4n) is 2.71. The molecule has 0 radical (unpaired) electrons. The Balaban J connectivity index is 2.19. The largest absolute Gasteiger partial charge is 0.478 e. The Bertz CT molecular complexity index is 461. The van der Waals surface area contributed by atoms with Crippen LogP contribution >= 0.6 is 15.9 Å². The average Bonchev–Trinajstić information content (AvgIpc) is 2.63. The summed E-state index contributed by atoms with van der Waals surface area (Å²) in [7, 11) is 0. The molecule has 0 aromatic heterocycles. The number of anilines is 1. The molecule has 19 heavy (non-hydrogen) atoms. The summed E-state index contributed by atoms with van der Waals surface area (Å²) in [5, 5.41) is 9.13. The van der Waals surface area contributed by atoms with Gasteiger partial charge < -0.3 is 10.0 Å². The minimum absolute atomic E-state index is 0.348. The van der Waals surface area contributed by atoms with E-state index in [0.717, 1.165) is 29.2 Å². The van der Waals surface area contributed by atoms with Crippen molar-refractivity contribution in [3.05, 3.63) is 28.2 Å². The Morgan fingerprint density at radius 2 is 2.16 bits per heavy atom. The smallest absolute Gasteiger partial charge is 0.335 e. The fourth-order valence-corrected chi connectivity index (χ4v) is 3.19. The van der Waals surface area contributed by atoms with Gasteiger partial charge in [-0.05, 0) is 43.4 Å². The normalized spacial score (nSPS) is 20.1. The molecule has 4 heteroatoms. The highest BCUT2D eigenvalue weighted by Gasteiger charge is 2.17. The number of carboxylic acid groups (broad SMARTS) is 1. The molecule has 3 nitrogen and oxygen atoms in total. The van der Waals surface area contributed by atoms with E-state index < -0.39 is 5.97 Å². The lowest BCUT2D eigenvalue weighted by Gasteiger charge is -2.23. The van der Waals surface area contributed by atoms with Crippen molar-refractivity contribution in [2.24, 2.45) is 5.92 Å². The van der Waals surface area contributed by atoms with Crippen molar-refractivity contribution in [2.45, 2.75) is 32.6 Å². The van der Waals surface area contributed by atoms with Crippen LogP contribution in [0.15, 0.2) is 22.7 Å². The van der Waals surface area contributed by atoms with Gasteiger partial charge in [0, 0.05) is 23.2 Å². The molecule has 104 valence electrons. The van der Waals surface area contributed by atoms with Crippen LogP contribution in [0, 0.1) is 5.92 Å². The predicted octanol–water partition coefficient (Wildman–Crippen LogP) is 4.16. The first-order chi connectivity index (χ1) is 9.10. The fraction of sp³-hybridized carbons (Fsp3) is 0.533. The maximum atomic E-state index is 11.1. The van der Waals surface area contributed by atoms with E-state index in [1.807, 2.05) is 6.07 Å². The number of carbonyl (C=O) groups is 1. The first-order valence-corrected chi connectivity index (χ1v) is 7.68. The predicted molar refractivity (Wildman–Crippen MR) is 80.9 cm³/mol. The van der Waals surface area contributed by atoms with Crippen molar-refractivity contribution in [3.63, 3.8) is 0 Å². The summed E-state index contributed by atoms with van der Waals surface area (Å²) < 4.78 is 0.832. The van der Waals surface area contributed by atoms with Gasteiger partial charge in [0.2, 0.25) is 0 Å². The van der Waals surface area contributed by atoms with E-state index in [0.29, 0.717) is 5.56 Å². The number of rotatable bonds is 3. The van der Waals surface area contributed by atoms with Crippen LogP contribution in [-0.2, 0) is 0 Å². The van der Waals surface area contributed by atoms with Gasteiger partial charge in [0.15, 0.2) is 0 Å². The van der Waals surface area contributed by atoms with Gasteiger partial charge in [0.1, 0.15) is 0 Å². The molecular weight excluding hydrogens is 306 g/mol. The van der Waals surface area contributed by atoms with Gasteiger partial charge in [-0.25, -0.2) is 4.79 Å². The van der Waals surface area contributed by atoms with E-state index in [9.17, 15) is 4.79 Å². The lowest BCUT2D eigenvalue weighted by atomic mass is 9.98. The zero-order chi connectivity index (χ0) is 13.8. The standard InChI is InChI=1S/C15H20BrNO2/c1-2-11-4-3-6-17(7-5-11)14-9-12(15(18)19)8-13(16)10-14/h8-11H,2-7H2,1H3,(H,18,19). The van der Waals surface area contributed by atoms with E-state index in [1.54, 1.807) is 12.1 Å². The molecular formula is C15H20BrNO2. The number of halogens is 1. The molecule has 1 aromatic rings. The average molecular weight is 326 g/mol. The summed E-state index contributed by atoms with van der Waals surface area (Å²) in [6, 6.07) is 5.44. The summed E-state index contributed by atoms with van der Waals surface area (Å²) in [6.07, 6.45) is 4.92. The quantitative estimate of drug-likeness (QED) is 0.906. The minimum atomic E-state index is -0.871. The van der Waals surface area contributed by atoms with Crippen LogP contribution in [0.2, 0.25) is 0 Å². The Kier molecular flexibility index (Phi) is 4.86. The molecule has 0 spiro atoms. The third kappa shape index (κ3) is 3.72. The van der Waals surface area contributed by atoms with Crippen molar-refractivity contribution in [1.29, 1.82) is 0 Å². The van der Waals surface area contributed by atoms with E-state index >= 15 is 0 Å². The van der Waals surface area contributed by atoms with Crippen molar-refractivity contribution < 1.29 is 9.90 Å². The molecule has 1 saturated heterocycles. The molecule has 1 fully saturated rings.